The number of carbonyl (C=O) groups excluding carboxylic acids is 2. The lowest BCUT2D eigenvalue weighted by molar-refractivity contribution is -0.126. The quantitative estimate of drug-likeness (QED) is 0.438. The van der Waals surface area contributed by atoms with Crippen molar-refractivity contribution in [2.75, 3.05) is 12.8 Å². The molecule has 0 bridgehead atoms. The van der Waals surface area contributed by atoms with Crippen LogP contribution in [0.3, 0.4) is 0 Å². The van der Waals surface area contributed by atoms with Crippen LogP contribution >= 0.6 is 0 Å². The summed E-state index contributed by atoms with van der Waals surface area (Å²) in [7, 11) is 1.31. The van der Waals surface area contributed by atoms with Gasteiger partial charge in [-0.2, -0.15) is 0 Å². The Balaban J connectivity index is 0.000000364. The molecule has 4 heteroatoms. The third-order valence-corrected chi connectivity index (χ3v) is 1.39. The van der Waals surface area contributed by atoms with E-state index in [1.807, 2.05) is 0 Å². The van der Waals surface area contributed by atoms with E-state index in [2.05, 4.69) is 4.74 Å². The van der Waals surface area contributed by atoms with Crippen LogP contribution in [0, 0.1) is 0 Å². The Morgan fingerprint density at radius 1 is 1.50 bits per heavy atom. The molecule has 0 atom stereocenters. The highest BCUT2D eigenvalue weighted by atomic mass is 16.5. The normalized spacial score (nSPS) is 8.14. The van der Waals surface area contributed by atoms with E-state index in [-0.39, 0.29) is 5.78 Å². The molecular weight excluding hydrogens is 182 g/mol. The second-order valence-electron chi connectivity index (χ2n) is 2.51. The molecule has 1 aromatic carbocycles. The fourth-order valence-electron chi connectivity index (χ4n) is 0.758. The lowest BCUT2D eigenvalue weighted by Crippen LogP contribution is -1.93. The maximum absolute atomic E-state index is 10.7. The van der Waals surface area contributed by atoms with Gasteiger partial charge in [0.25, 0.3) is 6.47 Å². The van der Waals surface area contributed by atoms with Crippen molar-refractivity contribution in [1.29, 1.82) is 0 Å². The SMILES string of the molecule is CC(=O)c1cccc(N)c1.COC=O. The van der Waals surface area contributed by atoms with E-state index in [0.29, 0.717) is 17.7 Å². The van der Waals surface area contributed by atoms with Crippen LogP contribution in [0.15, 0.2) is 24.3 Å². The van der Waals surface area contributed by atoms with E-state index in [1.165, 1.54) is 14.0 Å². The van der Waals surface area contributed by atoms with Crippen molar-refractivity contribution in [2.45, 2.75) is 6.92 Å². The summed E-state index contributed by atoms with van der Waals surface area (Å²) in [5.74, 6) is 0.0484. The Bertz CT molecular complexity index is 310. The number of methoxy groups -OCH3 is 1. The first-order valence-electron chi connectivity index (χ1n) is 3.94. The monoisotopic (exact) mass is 195 g/mol. The third kappa shape index (κ3) is 4.92. The second kappa shape index (κ2) is 6.65. The number of nitrogens with two attached hydrogens (primary N) is 1. The molecule has 76 valence electrons. The van der Waals surface area contributed by atoms with E-state index in [0.717, 1.165) is 0 Å². The summed E-state index contributed by atoms with van der Waals surface area (Å²) in [5, 5.41) is 0. The number of hydrogen-bond acceptors (Lipinski definition) is 4. The number of Topliss-reactive ketones (excluding diaryl/α,β-unsaturated/α-hetero) is 1. The summed E-state index contributed by atoms with van der Waals surface area (Å²) in [4.78, 5) is 19.7. The minimum Gasteiger partial charge on any atom is -0.471 e. The van der Waals surface area contributed by atoms with Gasteiger partial charge in [0.15, 0.2) is 5.78 Å². The van der Waals surface area contributed by atoms with E-state index in [1.54, 1.807) is 24.3 Å². The molecule has 0 aliphatic rings. The zero-order chi connectivity index (χ0) is 11.0. The zero-order valence-corrected chi connectivity index (χ0v) is 8.19. The third-order valence-electron chi connectivity index (χ3n) is 1.39. The van der Waals surface area contributed by atoms with E-state index in [4.69, 9.17) is 10.5 Å². The highest BCUT2D eigenvalue weighted by Gasteiger charge is 1.96. The van der Waals surface area contributed by atoms with Gasteiger partial charge in [0.1, 0.15) is 0 Å². The molecule has 0 aliphatic heterocycles. The number of ketones is 1. The summed E-state index contributed by atoms with van der Waals surface area (Å²) in [6.45, 7) is 1.90. The van der Waals surface area contributed by atoms with Gasteiger partial charge in [-0.05, 0) is 19.1 Å². The molecule has 4 nitrogen and oxygen atoms in total. The van der Waals surface area contributed by atoms with Crippen molar-refractivity contribution in [1.82, 2.24) is 0 Å². The fraction of sp³-hybridized carbons (Fsp3) is 0.200. The fourth-order valence-corrected chi connectivity index (χ4v) is 0.758. The molecule has 1 rings (SSSR count). The van der Waals surface area contributed by atoms with Crippen molar-refractivity contribution in [3.63, 3.8) is 0 Å². The lowest BCUT2D eigenvalue weighted by Gasteiger charge is -1.94. The second-order valence-corrected chi connectivity index (χ2v) is 2.51. The molecule has 0 aliphatic carbocycles. The van der Waals surface area contributed by atoms with E-state index in [9.17, 15) is 4.79 Å². The van der Waals surface area contributed by atoms with Gasteiger partial charge in [-0.15, -0.1) is 0 Å². The average molecular weight is 195 g/mol. The Kier molecular flexibility index (Phi) is 5.78. The summed E-state index contributed by atoms with van der Waals surface area (Å²) in [6.07, 6.45) is 0. The topological polar surface area (TPSA) is 69.4 Å². The number of anilines is 1. The lowest BCUT2D eigenvalue weighted by atomic mass is 10.1. The van der Waals surface area contributed by atoms with Gasteiger partial charge in [-0.1, -0.05) is 12.1 Å². The van der Waals surface area contributed by atoms with Crippen molar-refractivity contribution >= 4 is 17.9 Å². The summed E-state index contributed by atoms with van der Waals surface area (Å²) in [6, 6.07) is 6.94. The minimum absolute atomic E-state index is 0.0484. The first-order valence-corrected chi connectivity index (χ1v) is 3.94. The Labute approximate surface area is 82.7 Å². The van der Waals surface area contributed by atoms with Gasteiger partial charge in [0.05, 0.1) is 7.11 Å². The standard InChI is InChI=1S/C8H9NO.C2H4O2/c1-6(10)7-3-2-4-8(9)5-7;1-4-2-3/h2-5H,9H2,1H3;2H,1H3. The van der Waals surface area contributed by atoms with Gasteiger partial charge in [0, 0.05) is 11.3 Å². The van der Waals surface area contributed by atoms with Crippen molar-refractivity contribution in [3.05, 3.63) is 29.8 Å². The molecular formula is C10H13NO3. The van der Waals surface area contributed by atoms with Crippen LogP contribution < -0.4 is 5.73 Å². The molecule has 0 spiro atoms. The number of ether oxygens (including phenoxy) is 1. The Morgan fingerprint density at radius 2 is 2.07 bits per heavy atom. The molecule has 0 radical (unpaired) electrons. The maximum atomic E-state index is 10.7. The van der Waals surface area contributed by atoms with Crippen molar-refractivity contribution < 1.29 is 14.3 Å². The summed E-state index contributed by atoms with van der Waals surface area (Å²) in [5.41, 5.74) is 6.74. The van der Waals surface area contributed by atoms with E-state index >= 15 is 0 Å². The van der Waals surface area contributed by atoms with Gasteiger partial charge in [-0.25, -0.2) is 0 Å². The van der Waals surface area contributed by atoms with Crippen LogP contribution in [0.25, 0.3) is 0 Å². The maximum Gasteiger partial charge on any atom is 0.292 e. The average Bonchev–Trinajstić information content (AvgIpc) is 2.18. The number of nitrogen functional groups attached to an aromatic ring is 1. The predicted molar refractivity (Wildman–Crippen MR) is 53.9 cm³/mol. The van der Waals surface area contributed by atoms with Gasteiger partial charge in [-0.3, -0.25) is 9.59 Å². The molecule has 1 aromatic rings. The highest BCUT2D eigenvalue weighted by Crippen LogP contribution is 2.06. The molecule has 0 saturated carbocycles. The van der Waals surface area contributed by atoms with Gasteiger partial charge < -0.3 is 10.5 Å². The largest absolute Gasteiger partial charge is 0.471 e. The summed E-state index contributed by atoms with van der Waals surface area (Å²) >= 11 is 0. The number of benzene rings is 1. The first kappa shape index (κ1) is 12.2. The number of rotatable bonds is 2. The molecule has 14 heavy (non-hydrogen) atoms. The number of hydrogen-bond donors (Lipinski definition) is 1. The molecule has 0 unspecified atom stereocenters. The molecule has 0 saturated heterocycles. The molecule has 0 fully saturated rings. The highest BCUT2D eigenvalue weighted by molar-refractivity contribution is 5.94. The van der Waals surface area contributed by atoms with Crippen LogP contribution in [0.4, 0.5) is 5.69 Å². The van der Waals surface area contributed by atoms with Crippen molar-refractivity contribution in [2.24, 2.45) is 0 Å². The summed E-state index contributed by atoms with van der Waals surface area (Å²) < 4.78 is 3.86. The van der Waals surface area contributed by atoms with Crippen LogP contribution in [0.1, 0.15) is 17.3 Å². The molecule has 2 N–H and O–H groups in total. The first-order chi connectivity index (χ1) is 6.61. The smallest absolute Gasteiger partial charge is 0.292 e. The molecule has 0 heterocycles. The zero-order valence-electron chi connectivity index (χ0n) is 8.19. The van der Waals surface area contributed by atoms with Gasteiger partial charge in [0.2, 0.25) is 0 Å². The van der Waals surface area contributed by atoms with E-state index < -0.39 is 0 Å². The van der Waals surface area contributed by atoms with Crippen LogP contribution in [0.5, 0.6) is 0 Å². The van der Waals surface area contributed by atoms with Gasteiger partial charge >= 0.3 is 0 Å². The number of carbonyl (C=O) groups is 2. The van der Waals surface area contributed by atoms with Crippen LogP contribution in [-0.2, 0) is 9.53 Å². The molecule has 0 aromatic heterocycles. The predicted octanol–water partition coefficient (Wildman–Crippen LogP) is 1.26. The van der Waals surface area contributed by atoms with Crippen molar-refractivity contribution in [3.8, 4) is 0 Å². The molecule has 0 amide bonds. The Morgan fingerprint density at radius 3 is 2.36 bits per heavy atom. The minimum atomic E-state index is 0.0484. The van der Waals surface area contributed by atoms with Crippen LogP contribution in [0.2, 0.25) is 0 Å². The van der Waals surface area contributed by atoms with Crippen LogP contribution in [-0.4, -0.2) is 19.4 Å². The Hall–Kier alpha value is -1.84.